The van der Waals surface area contributed by atoms with Crippen LogP contribution in [0.5, 0.6) is 0 Å². The van der Waals surface area contributed by atoms with Crippen molar-refractivity contribution < 1.29 is 9.21 Å². The fourth-order valence-electron chi connectivity index (χ4n) is 2.71. The Labute approximate surface area is 166 Å². The van der Waals surface area contributed by atoms with E-state index < -0.39 is 0 Å². The first-order valence-electron chi connectivity index (χ1n) is 8.82. The molecule has 2 heterocycles. The van der Waals surface area contributed by atoms with Crippen LogP contribution < -0.4 is 10.6 Å². The Balaban J connectivity index is 1.29. The Morgan fingerprint density at radius 1 is 1.07 bits per heavy atom. The van der Waals surface area contributed by atoms with Crippen LogP contribution in [-0.4, -0.2) is 22.5 Å². The van der Waals surface area contributed by atoms with Gasteiger partial charge in [0.15, 0.2) is 0 Å². The zero-order chi connectivity index (χ0) is 19.2. The van der Waals surface area contributed by atoms with Gasteiger partial charge in [-0.05, 0) is 24.3 Å². The van der Waals surface area contributed by atoms with Gasteiger partial charge < -0.3 is 15.1 Å². The van der Waals surface area contributed by atoms with E-state index in [1.807, 2.05) is 60.0 Å². The third kappa shape index (κ3) is 4.44. The fourth-order valence-corrected chi connectivity index (χ4v) is 3.35. The summed E-state index contributed by atoms with van der Waals surface area (Å²) in [6.45, 7) is 0.457. The summed E-state index contributed by atoms with van der Waals surface area (Å²) in [4.78, 5) is 20.9. The predicted molar refractivity (Wildman–Crippen MR) is 110 cm³/mol. The number of carbonyl (C=O) groups excluding carboxylic acids is 1. The molecule has 0 aliphatic rings. The highest BCUT2D eigenvalue weighted by Gasteiger charge is 2.08. The largest absolute Gasteiger partial charge is 0.444 e. The Bertz CT molecular complexity index is 1050. The molecule has 0 saturated carbocycles. The van der Waals surface area contributed by atoms with Gasteiger partial charge in [-0.25, -0.2) is 14.8 Å². The van der Waals surface area contributed by atoms with Crippen molar-refractivity contribution in [2.45, 2.75) is 6.42 Å². The lowest BCUT2D eigenvalue weighted by Gasteiger charge is -2.08. The number of carbonyl (C=O) groups is 1. The highest BCUT2D eigenvalue weighted by atomic mass is 32.1. The number of amides is 2. The second-order valence-electron chi connectivity index (χ2n) is 6.06. The zero-order valence-corrected chi connectivity index (χ0v) is 15.8. The normalized spacial score (nSPS) is 10.6. The minimum Gasteiger partial charge on any atom is -0.444 e. The summed E-state index contributed by atoms with van der Waals surface area (Å²) in [5, 5.41) is 8.53. The van der Waals surface area contributed by atoms with E-state index in [4.69, 9.17) is 4.42 Å². The molecule has 0 aliphatic carbocycles. The Morgan fingerprint density at radius 2 is 1.93 bits per heavy atom. The Morgan fingerprint density at radius 3 is 2.75 bits per heavy atom. The maximum Gasteiger partial charge on any atom is 0.319 e. The minimum atomic E-state index is -0.261. The van der Waals surface area contributed by atoms with Crippen LogP contribution in [0.4, 0.5) is 10.5 Å². The smallest absolute Gasteiger partial charge is 0.319 e. The van der Waals surface area contributed by atoms with Crippen LogP contribution in [0.25, 0.3) is 22.0 Å². The van der Waals surface area contributed by atoms with Crippen LogP contribution in [0, 0.1) is 0 Å². The average molecular weight is 390 g/mol. The molecule has 0 unspecified atom stereocenters. The van der Waals surface area contributed by atoms with Gasteiger partial charge in [-0.3, -0.25) is 0 Å². The lowest BCUT2D eigenvalue weighted by Crippen LogP contribution is -2.30. The van der Waals surface area contributed by atoms with E-state index in [1.54, 1.807) is 23.8 Å². The number of hydrogen-bond donors (Lipinski definition) is 2. The number of urea groups is 1. The third-order valence-corrected chi connectivity index (χ3v) is 4.86. The monoisotopic (exact) mass is 390 g/mol. The van der Waals surface area contributed by atoms with E-state index in [9.17, 15) is 4.79 Å². The van der Waals surface area contributed by atoms with Gasteiger partial charge in [0.1, 0.15) is 11.3 Å². The quantitative estimate of drug-likeness (QED) is 0.494. The first kappa shape index (κ1) is 17.9. The topological polar surface area (TPSA) is 80.0 Å². The summed E-state index contributed by atoms with van der Waals surface area (Å²) in [6, 6.07) is 17.1. The molecule has 2 amide bonds. The van der Waals surface area contributed by atoms with Gasteiger partial charge in [-0.15, -0.1) is 11.3 Å². The van der Waals surface area contributed by atoms with Gasteiger partial charge in [0, 0.05) is 41.4 Å². The standard InChI is InChI=1S/C21H18N4O2S/c26-21(25-17-8-4-7-16(13-17)20-22-11-12-28-20)23-10-9-18-14-27-19(24-18)15-5-2-1-3-6-15/h1-8,11-14H,9-10H2,(H2,23,25,26). The molecule has 4 aromatic rings. The van der Waals surface area contributed by atoms with Crippen LogP contribution in [0.15, 0.2) is 76.9 Å². The highest BCUT2D eigenvalue weighted by Crippen LogP contribution is 2.24. The zero-order valence-electron chi connectivity index (χ0n) is 15.0. The average Bonchev–Trinajstić information content (AvgIpc) is 3.41. The number of hydrogen-bond acceptors (Lipinski definition) is 5. The summed E-state index contributed by atoms with van der Waals surface area (Å²) >= 11 is 1.56. The van der Waals surface area contributed by atoms with Crippen molar-refractivity contribution in [2.75, 3.05) is 11.9 Å². The molecule has 28 heavy (non-hydrogen) atoms. The molecule has 6 nitrogen and oxygen atoms in total. The number of nitrogens with one attached hydrogen (secondary N) is 2. The molecule has 0 spiro atoms. The third-order valence-electron chi connectivity index (χ3n) is 4.04. The molecular formula is C21H18N4O2S. The molecule has 4 rings (SSSR count). The van der Waals surface area contributed by atoms with Crippen LogP contribution >= 0.6 is 11.3 Å². The molecule has 2 aromatic heterocycles. The van der Waals surface area contributed by atoms with Gasteiger partial charge in [-0.2, -0.15) is 0 Å². The van der Waals surface area contributed by atoms with Gasteiger partial charge in [-0.1, -0.05) is 30.3 Å². The second kappa shape index (κ2) is 8.49. The van der Waals surface area contributed by atoms with E-state index in [1.165, 1.54) is 0 Å². The van der Waals surface area contributed by atoms with Crippen LogP contribution in [-0.2, 0) is 6.42 Å². The van der Waals surface area contributed by atoms with Crippen LogP contribution in [0.2, 0.25) is 0 Å². The SMILES string of the molecule is O=C(NCCc1coc(-c2ccccc2)n1)Nc1cccc(-c2nccs2)c1. The lowest BCUT2D eigenvalue weighted by molar-refractivity contribution is 0.252. The van der Waals surface area contributed by atoms with Crippen molar-refractivity contribution in [1.29, 1.82) is 0 Å². The fraction of sp³-hybridized carbons (Fsp3) is 0.0952. The van der Waals surface area contributed by atoms with Crippen molar-refractivity contribution in [3.05, 3.63) is 78.1 Å². The molecular weight excluding hydrogens is 372 g/mol. The van der Waals surface area contributed by atoms with Crippen LogP contribution in [0.3, 0.4) is 0 Å². The van der Waals surface area contributed by atoms with Crippen molar-refractivity contribution >= 4 is 23.1 Å². The number of rotatable bonds is 6. The number of nitrogens with zero attached hydrogens (tertiary/aromatic N) is 2. The molecule has 0 aliphatic heterocycles. The summed E-state index contributed by atoms with van der Waals surface area (Å²) in [5.41, 5.74) is 3.42. The second-order valence-corrected chi connectivity index (χ2v) is 6.95. The van der Waals surface area contributed by atoms with Crippen molar-refractivity contribution in [3.63, 3.8) is 0 Å². The summed E-state index contributed by atoms with van der Waals surface area (Å²) < 4.78 is 5.51. The van der Waals surface area contributed by atoms with E-state index in [2.05, 4.69) is 20.6 Å². The first-order chi connectivity index (χ1) is 13.8. The van der Waals surface area contributed by atoms with E-state index in [0.29, 0.717) is 18.9 Å². The Hall–Kier alpha value is -3.45. The van der Waals surface area contributed by atoms with E-state index in [0.717, 1.165) is 27.5 Å². The first-order valence-corrected chi connectivity index (χ1v) is 9.70. The molecule has 7 heteroatoms. The van der Waals surface area contributed by atoms with Crippen molar-refractivity contribution in [2.24, 2.45) is 0 Å². The van der Waals surface area contributed by atoms with Gasteiger partial charge >= 0.3 is 6.03 Å². The molecule has 0 atom stereocenters. The highest BCUT2D eigenvalue weighted by molar-refractivity contribution is 7.13. The van der Waals surface area contributed by atoms with Crippen molar-refractivity contribution in [3.8, 4) is 22.0 Å². The number of oxazole rings is 1. The molecule has 0 radical (unpaired) electrons. The van der Waals surface area contributed by atoms with Crippen LogP contribution in [0.1, 0.15) is 5.69 Å². The van der Waals surface area contributed by atoms with Gasteiger partial charge in [0.05, 0.1) is 5.69 Å². The summed E-state index contributed by atoms with van der Waals surface area (Å²) in [7, 11) is 0. The summed E-state index contributed by atoms with van der Waals surface area (Å²) in [5.74, 6) is 0.582. The summed E-state index contributed by atoms with van der Waals surface area (Å²) in [6.07, 6.45) is 3.97. The maximum absolute atomic E-state index is 12.1. The molecule has 0 bridgehead atoms. The number of thiazole rings is 1. The molecule has 2 aromatic carbocycles. The van der Waals surface area contributed by atoms with Gasteiger partial charge in [0.25, 0.3) is 0 Å². The lowest BCUT2D eigenvalue weighted by atomic mass is 10.2. The van der Waals surface area contributed by atoms with Gasteiger partial charge in [0.2, 0.25) is 5.89 Å². The number of aromatic nitrogens is 2. The Kier molecular flexibility index (Phi) is 5.44. The molecule has 2 N–H and O–H groups in total. The van der Waals surface area contributed by atoms with E-state index in [-0.39, 0.29) is 6.03 Å². The molecule has 0 fully saturated rings. The maximum atomic E-state index is 12.1. The number of benzene rings is 2. The van der Waals surface area contributed by atoms with E-state index >= 15 is 0 Å². The number of anilines is 1. The minimum absolute atomic E-state index is 0.261. The predicted octanol–water partition coefficient (Wildman–Crippen LogP) is 4.83. The molecule has 140 valence electrons. The molecule has 0 saturated heterocycles. The van der Waals surface area contributed by atoms with Crippen molar-refractivity contribution in [1.82, 2.24) is 15.3 Å².